The molecule has 1 fully saturated rings. The van der Waals surface area contributed by atoms with E-state index in [9.17, 15) is 0 Å². The van der Waals surface area contributed by atoms with Crippen LogP contribution >= 0.6 is 11.6 Å². The van der Waals surface area contributed by atoms with Gasteiger partial charge in [0.05, 0.1) is 11.1 Å². The van der Waals surface area contributed by atoms with Crippen LogP contribution in [0.15, 0.2) is 18.5 Å². The van der Waals surface area contributed by atoms with Crippen molar-refractivity contribution in [3.8, 4) is 0 Å². The number of pyridine rings is 1. The maximum absolute atomic E-state index is 6.22. The van der Waals surface area contributed by atoms with Gasteiger partial charge in [0.1, 0.15) is 0 Å². The molecule has 2 rings (SSSR count). The fraction of sp³-hybridized carbons (Fsp3) is 0.643. The van der Waals surface area contributed by atoms with E-state index in [2.05, 4.69) is 17.2 Å². The summed E-state index contributed by atoms with van der Waals surface area (Å²) in [5.74, 6) is 0. The zero-order valence-electron chi connectivity index (χ0n) is 10.9. The van der Waals surface area contributed by atoms with Crippen LogP contribution in [0.5, 0.6) is 0 Å². The number of ether oxygens (including phenoxy) is 1. The molecule has 1 aliphatic heterocycles. The molecule has 2 heterocycles. The SMILES string of the molecule is CCNC(CCC1CCCO1)c1ccncc1Cl. The molecular formula is C14H21ClN2O. The smallest absolute Gasteiger partial charge is 0.0637 e. The van der Waals surface area contributed by atoms with Gasteiger partial charge in [0.25, 0.3) is 0 Å². The lowest BCUT2D eigenvalue weighted by Gasteiger charge is -2.20. The van der Waals surface area contributed by atoms with Crippen LogP contribution in [0, 0.1) is 0 Å². The van der Waals surface area contributed by atoms with Crippen LogP contribution < -0.4 is 5.32 Å². The standard InChI is InChI=1S/C14H21ClN2O/c1-2-17-14(6-5-11-4-3-9-18-11)12-7-8-16-10-13(12)15/h7-8,10-11,14,17H,2-6,9H2,1H3. The first-order valence-electron chi connectivity index (χ1n) is 6.75. The minimum Gasteiger partial charge on any atom is -0.378 e. The van der Waals surface area contributed by atoms with E-state index in [-0.39, 0.29) is 0 Å². The molecule has 1 aromatic rings. The molecule has 0 saturated carbocycles. The van der Waals surface area contributed by atoms with Gasteiger partial charge in [0.15, 0.2) is 0 Å². The molecule has 18 heavy (non-hydrogen) atoms. The monoisotopic (exact) mass is 268 g/mol. The number of aromatic nitrogens is 1. The average Bonchev–Trinajstić information content (AvgIpc) is 2.88. The van der Waals surface area contributed by atoms with Crippen LogP contribution in [0.1, 0.15) is 44.2 Å². The van der Waals surface area contributed by atoms with Crippen molar-refractivity contribution in [2.75, 3.05) is 13.2 Å². The van der Waals surface area contributed by atoms with Gasteiger partial charge in [-0.2, -0.15) is 0 Å². The summed E-state index contributed by atoms with van der Waals surface area (Å²) in [4.78, 5) is 4.04. The molecule has 3 nitrogen and oxygen atoms in total. The molecule has 1 saturated heterocycles. The highest BCUT2D eigenvalue weighted by Gasteiger charge is 2.19. The third-order valence-electron chi connectivity index (χ3n) is 3.43. The summed E-state index contributed by atoms with van der Waals surface area (Å²) in [7, 11) is 0. The summed E-state index contributed by atoms with van der Waals surface area (Å²) in [5, 5.41) is 4.24. The van der Waals surface area contributed by atoms with Crippen molar-refractivity contribution in [2.45, 2.75) is 44.8 Å². The molecule has 4 heteroatoms. The van der Waals surface area contributed by atoms with Gasteiger partial charge in [-0.3, -0.25) is 4.98 Å². The third kappa shape index (κ3) is 3.67. The molecule has 0 aliphatic carbocycles. The molecule has 1 aliphatic rings. The number of rotatable bonds is 6. The molecule has 1 N–H and O–H groups in total. The molecule has 0 bridgehead atoms. The predicted molar refractivity (Wildman–Crippen MR) is 73.9 cm³/mol. The molecule has 0 aromatic carbocycles. The van der Waals surface area contributed by atoms with Gasteiger partial charge in [-0.05, 0) is 43.9 Å². The number of halogens is 1. The van der Waals surface area contributed by atoms with E-state index in [1.165, 1.54) is 12.8 Å². The van der Waals surface area contributed by atoms with Crippen LogP contribution in [0.3, 0.4) is 0 Å². The van der Waals surface area contributed by atoms with Crippen molar-refractivity contribution in [3.05, 3.63) is 29.0 Å². The van der Waals surface area contributed by atoms with Gasteiger partial charge >= 0.3 is 0 Å². The largest absolute Gasteiger partial charge is 0.378 e. The van der Waals surface area contributed by atoms with Crippen LogP contribution in [-0.2, 0) is 4.74 Å². The van der Waals surface area contributed by atoms with Crippen molar-refractivity contribution in [2.24, 2.45) is 0 Å². The molecule has 1 aromatic heterocycles. The van der Waals surface area contributed by atoms with Crippen LogP contribution in [-0.4, -0.2) is 24.2 Å². The van der Waals surface area contributed by atoms with Gasteiger partial charge in [-0.25, -0.2) is 0 Å². The summed E-state index contributed by atoms with van der Waals surface area (Å²) in [6, 6.07) is 2.31. The van der Waals surface area contributed by atoms with Crippen molar-refractivity contribution in [3.63, 3.8) is 0 Å². The van der Waals surface area contributed by atoms with Gasteiger partial charge < -0.3 is 10.1 Å². The second kappa shape index (κ2) is 7.07. The Balaban J connectivity index is 1.96. The molecule has 2 unspecified atom stereocenters. The van der Waals surface area contributed by atoms with Gasteiger partial charge in [0.2, 0.25) is 0 Å². The third-order valence-corrected chi connectivity index (χ3v) is 3.75. The molecular weight excluding hydrogens is 248 g/mol. The first-order chi connectivity index (χ1) is 8.81. The Hall–Kier alpha value is -0.640. The van der Waals surface area contributed by atoms with Gasteiger partial charge in [-0.15, -0.1) is 0 Å². The van der Waals surface area contributed by atoms with E-state index in [1.807, 2.05) is 6.07 Å². The highest BCUT2D eigenvalue weighted by atomic mass is 35.5. The zero-order valence-corrected chi connectivity index (χ0v) is 11.6. The highest BCUT2D eigenvalue weighted by Crippen LogP contribution is 2.27. The lowest BCUT2D eigenvalue weighted by atomic mass is 10.00. The second-order valence-corrected chi connectivity index (χ2v) is 5.13. The van der Waals surface area contributed by atoms with Crippen molar-refractivity contribution in [1.82, 2.24) is 10.3 Å². The summed E-state index contributed by atoms with van der Waals surface area (Å²) in [6.07, 6.45) is 8.51. The van der Waals surface area contributed by atoms with E-state index in [0.717, 1.165) is 36.6 Å². The van der Waals surface area contributed by atoms with Crippen LogP contribution in [0.25, 0.3) is 0 Å². The van der Waals surface area contributed by atoms with E-state index >= 15 is 0 Å². The zero-order chi connectivity index (χ0) is 12.8. The second-order valence-electron chi connectivity index (χ2n) is 4.72. The van der Waals surface area contributed by atoms with E-state index in [4.69, 9.17) is 16.3 Å². The minimum absolute atomic E-state index is 0.301. The van der Waals surface area contributed by atoms with Crippen molar-refractivity contribution >= 4 is 11.6 Å². The van der Waals surface area contributed by atoms with Gasteiger partial charge in [0, 0.05) is 25.0 Å². The number of nitrogens with one attached hydrogen (secondary N) is 1. The topological polar surface area (TPSA) is 34.1 Å². The normalized spacial score (nSPS) is 21.1. The van der Waals surface area contributed by atoms with E-state index < -0.39 is 0 Å². The summed E-state index contributed by atoms with van der Waals surface area (Å²) in [5.41, 5.74) is 1.14. The Morgan fingerprint density at radius 2 is 2.50 bits per heavy atom. The Morgan fingerprint density at radius 1 is 1.61 bits per heavy atom. The number of nitrogens with zero attached hydrogens (tertiary/aromatic N) is 1. The molecule has 0 amide bonds. The van der Waals surface area contributed by atoms with Crippen molar-refractivity contribution < 1.29 is 4.74 Å². The molecule has 2 atom stereocenters. The lowest BCUT2D eigenvalue weighted by molar-refractivity contribution is 0.0996. The Morgan fingerprint density at radius 3 is 3.17 bits per heavy atom. The summed E-state index contributed by atoms with van der Waals surface area (Å²) >= 11 is 6.22. The number of hydrogen-bond acceptors (Lipinski definition) is 3. The number of hydrogen-bond donors (Lipinski definition) is 1. The molecule has 100 valence electrons. The fourth-order valence-corrected chi connectivity index (χ4v) is 2.76. The van der Waals surface area contributed by atoms with Gasteiger partial charge in [-0.1, -0.05) is 18.5 Å². The minimum atomic E-state index is 0.301. The maximum Gasteiger partial charge on any atom is 0.0637 e. The summed E-state index contributed by atoms with van der Waals surface area (Å²) in [6.45, 7) is 3.98. The Bertz CT molecular complexity index is 367. The van der Waals surface area contributed by atoms with Crippen LogP contribution in [0.2, 0.25) is 5.02 Å². The quantitative estimate of drug-likeness (QED) is 0.859. The first-order valence-corrected chi connectivity index (χ1v) is 7.13. The lowest BCUT2D eigenvalue weighted by Crippen LogP contribution is -2.22. The Kier molecular flexibility index (Phi) is 5.42. The predicted octanol–water partition coefficient (Wildman–Crippen LogP) is 3.34. The van der Waals surface area contributed by atoms with Crippen LogP contribution in [0.4, 0.5) is 0 Å². The Labute approximate surface area is 114 Å². The first kappa shape index (κ1) is 13.8. The van der Waals surface area contributed by atoms with Crippen molar-refractivity contribution in [1.29, 1.82) is 0 Å². The maximum atomic E-state index is 6.22. The van der Waals surface area contributed by atoms with E-state index in [1.54, 1.807) is 12.4 Å². The highest BCUT2D eigenvalue weighted by molar-refractivity contribution is 6.31. The average molecular weight is 269 g/mol. The fourth-order valence-electron chi connectivity index (χ4n) is 2.51. The van der Waals surface area contributed by atoms with E-state index in [0.29, 0.717) is 12.1 Å². The molecule has 0 radical (unpaired) electrons. The molecule has 0 spiro atoms. The summed E-state index contributed by atoms with van der Waals surface area (Å²) < 4.78 is 5.67.